The molecule has 9 heteroatoms. The van der Waals surface area contributed by atoms with Gasteiger partial charge in [0, 0.05) is 23.4 Å². The van der Waals surface area contributed by atoms with Gasteiger partial charge in [-0.1, -0.05) is 61.5 Å². The van der Waals surface area contributed by atoms with Crippen molar-refractivity contribution in [2.45, 2.75) is 26.3 Å². The third kappa shape index (κ3) is 4.23. The van der Waals surface area contributed by atoms with Crippen LogP contribution in [0.1, 0.15) is 35.3 Å². The molecule has 0 fully saturated rings. The van der Waals surface area contributed by atoms with E-state index in [1.807, 2.05) is 84.4 Å². The van der Waals surface area contributed by atoms with Gasteiger partial charge in [0.05, 0.1) is 33.7 Å². The third-order valence-corrected chi connectivity index (χ3v) is 7.66. The number of aromatic nitrogens is 2. The van der Waals surface area contributed by atoms with Crippen LogP contribution in [0, 0.1) is 17.0 Å². The van der Waals surface area contributed by atoms with Crippen molar-refractivity contribution in [2.24, 2.45) is 9.98 Å². The molecule has 0 aliphatic carbocycles. The Morgan fingerprint density at radius 2 is 1.67 bits per heavy atom. The van der Waals surface area contributed by atoms with Crippen LogP contribution in [-0.4, -0.2) is 26.4 Å². The number of rotatable bonds is 5. The number of benzene rings is 4. The minimum absolute atomic E-state index is 0.0274. The first-order valence-corrected chi connectivity index (χ1v) is 13.8. The van der Waals surface area contributed by atoms with Crippen LogP contribution in [0.15, 0.2) is 113 Å². The molecular weight excluding hydrogens is 526 g/mol. The van der Waals surface area contributed by atoms with Crippen LogP contribution >= 0.6 is 0 Å². The van der Waals surface area contributed by atoms with Crippen molar-refractivity contribution < 1.29 is 4.92 Å². The number of aliphatic imine (C=N–C) groups is 2. The summed E-state index contributed by atoms with van der Waals surface area (Å²) in [5.74, 6) is 1.85. The number of fused-ring (bicyclic) bond motifs is 4. The van der Waals surface area contributed by atoms with E-state index in [1.54, 1.807) is 12.1 Å². The Morgan fingerprint density at radius 1 is 0.905 bits per heavy atom. The van der Waals surface area contributed by atoms with Crippen molar-refractivity contribution in [3.8, 4) is 5.69 Å². The van der Waals surface area contributed by atoms with Gasteiger partial charge < -0.3 is 10.2 Å². The summed E-state index contributed by atoms with van der Waals surface area (Å²) in [6.45, 7) is 4.09. The SMILES string of the molecule is CCc1ccc(NC2=Nc3ccccc3N3C2=Nc2c(c(C)nn2-c2ccccc2)[C@@H]3c2cccc([N+](=O)[O-])c2)cc1. The second-order valence-electron chi connectivity index (χ2n) is 10.3. The van der Waals surface area contributed by atoms with E-state index in [2.05, 4.69) is 29.3 Å². The highest BCUT2D eigenvalue weighted by Gasteiger charge is 2.41. The Hall–Kier alpha value is -5.57. The summed E-state index contributed by atoms with van der Waals surface area (Å²) in [6.07, 6.45) is 0.950. The molecule has 1 atom stereocenters. The van der Waals surface area contributed by atoms with E-state index in [0.29, 0.717) is 17.5 Å². The lowest BCUT2D eigenvalue weighted by atomic mass is 9.93. The Kier molecular flexibility index (Phi) is 6.12. The highest BCUT2D eigenvalue weighted by Crippen LogP contribution is 2.48. The van der Waals surface area contributed by atoms with E-state index in [9.17, 15) is 10.1 Å². The Labute approximate surface area is 242 Å². The minimum Gasteiger partial charge on any atom is -0.337 e. The summed E-state index contributed by atoms with van der Waals surface area (Å²) >= 11 is 0. The summed E-state index contributed by atoms with van der Waals surface area (Å²) in [4.78, 5) is 23.8. The second kappa shape index (κ2) is 10.1. The standard InChI is InChI=1S/C33H27N7O2/c1-3-22-16-18-24(19-17-22)34-31-33-36-32-29(21(2)37-39(32)25-11-5-4-6-12-25)30(23-10-9-13-26(20-23)40(41)42)38(33)28-15-8-7-14-27(28)35-31/h4-20,30H,3H2,1-2H3,(H,34,35)/t30-/m0/s1. The van der Waals surface area contributed by atoms with Crippen molar-refractivity contribution >= 4 is 40.2 Å². The molecule has 7 rings (SSSR count). The van der Waals surface area contributed by atoms with Gasteiger partial charge in [-0.2, -0.15) is 5.10 Å². The quantitative estimate of drug-likeness (QED) is 0.180. The van der Waals surface area contributed by atoms with Gasteiger partial charge in [0.1, 0.15) is 0 Å². The molecule has 9 nitrogen and oxygen atoms in total. The normalized spacial score (nSPS) is 15.2. The molecule has 0 spiro atoms. The number of amidine groups is 2. The van der Waals surface area contributed by atoms with Crippen LogP contribution in [-0.2, 0) is 6.42 Å². The summed E-state index contributed by atoms with van der Waals surface area (Å²) in [6, 6.07) is 32.4. The first-order chi connectivity index (χ1) is 20.5. The van der Waals surface area contributed by atoms with Gasteiger partial charge in [-0.15, -0.1) is 0 Å². The molecule has 5 aromatic rings. The van der Waals surface area contributed by atoms with Crippen molar-refractivity contribution in [3.05, 3.63) is 136 Å². The second-order valence-corrected chi connectivity index (χ2v) is 10.3. The largest absolute Gasteiger partial charge is 0.337 e. The zero-order chi connectivity index (χ0) is 28.8. The molecule has 1 N–H and O–H groups in total. The number of aryl methyl sites for hydroxylation is 2. The molecule has 1 aromatic heterocycles. The number of nitro benzene ring substituents is 1. The van der Waals surface area contributed by atoms with E-state index < -0.39 is 6.04 Å². The summed E-state index contributed by atoms with van der Waals surface area (Å²) < 4.78 is 1.84. The van der Waals surface area contributed by atoms with Gasteiger partial charge in [0.2, 0.25) is 0 Å². The van der Waals surface area contributed by atoms with Crippen LogP contribution in [0.4, 0.5) is 28.6 Å². The van der Waals surface area contributed by atoms with Crippen LogP contribution in [0.5, 0.6) is 0 Å². The summed E-state index contributed by atoms with van der Waals surface area (Å²) in [5, 5.41) is 20.3. The summed E-state index contributed by atoms with van der Waals surface area (Å²) in [5.41, 5.74) is 7.09. The van der Waals surface area contributed by atoms with E-state index in [1.165, 1.54) is 11.6 Å². The monoisotopic (exact) mass is 553 g/mol. The third-order valence-electron chi connectivity index (χ3n) is 7.66. The highest BCUT2D eigenvalue weighted by molar-refractivity contribution is 6.51. The molecule has 0 bridgehead atoms. The molecule has 0 amide bonds. The van der Waals surface area contributed by atoms with E-state index in [0.717, 1.165) is 46.0 Å². The Bertz CT molecular complexity index is 1890. The Balaban J connectivity index is 1.48. The maximum atomic E-state index is 11.8. The number of para-hydroxylation sites is 3. The Morgan fingerprint density at radius 3 is 2.43 bits per heavy atom. The number of anilines is 2. The first-order valence-electron chi connectivity index (χ1n) is 13.8. The smallest absolute Gasteiger partial charge is 0.269 e. The van der Waals surface area contributed by atoms with Crippen molar-refractivity contribution in [2.75, 3.05) is 10.2 Å². The van der Waals surface area contributed by atoms with Gasteiger partial charge in [0.25, 0.3) is 5.69 Å². The molecule has 4 aromatic carbocycles. The van der Waals surface area contributed by atoms with Crippen LogP contribution in [0.25, 0.3) is 5.69 Å². The summed E-state index contributed by atoms with van der Waals surface area (Å²) in [7, 11) is 0. The number of nitro groups is 1. The topological polar surface area (TPSA) is 101 Å². The number of hydrogen-bond acceptors (Lipinski definition) is 7. The fourth-order valence-corrected chi connectivity index (χ4v) is 5.63. The predicted molar refractivity (Wildman–Crippen MR) is 166 cm³/mol. The molecule has 0 unspecified atom stereocenters. The van der Waals surface area contributed by atoms with Crippen molar-refractivity contribution in [1.82, 2.24) is 9.78 Å². The molecule has 0 saturated carbocycles. The van der Waals surface area contributed by atoms with Gasteiger partial charge in [-0.25, -0.2) is 14.7 Å². The number of hydrogen-bond donors (Lipinski definition) is 1. The zero-order valence-electron chi connectivity index (χ0n) is 23.1. The number of nitrogens with zero attached hydrogens (tertiary/aromatic N) is 6. The molecule has 2 aliphatic rings. The van der Waals surface area contributed by atoms with E-state index in [-0.39, 0.29) is 10.6 Å². The lowest BCUT2D eigenvalue weighted by Crippen LogP contribution is -2.46. The number of non-ortho nitro benzene ring substituents is 1. The van der Waals surface area contributed by atoms with Gasteiger partial charge in [-0.05, 0) is 60.9 Å². The zero-order valence-corrected chi connectivity index (χ0v) is 23.1. The molecule has 0 saturated heterocycles. The molecule has 3 heterocycles. The van der Waals surface area contributed by atoms with E-state index >= 15 is 0 Å². The first kappa shape index (κ1) is 25.4. The maximum absolute atomic E-state index is 11.8. The van der Waals surface area contributed by atoms with Crippen molar-refractivity contribution in [1.29, 1.82) is 0 Å². The average molecular weight is 554 g/mol. The highest BCUT2D eigenvalue weighted by atomic mass is 16.6. The fraction of sp³-hybridized carbons (Fsp3) is 0.121. The van der Waals surface area contributed by atoms with Gasteiger partial charge >= 0.3 is 0 Å². The van der Waals surface area contributed by atoms with Gasteiger partial charge in [-0.3, -0.25) is 10.1 Å². The van der Waals surface area contributed by atoms with Crippen molar-refractivity contribution in [3.63, 3.8) is 0 Å². The predicted octanol–water partition coefficient (Wildman–Crippen LogP) is 7.45. The molecule has 206 valence electrons. The minimum atomic E-state index is -0.444. The molecular formula is C33H27N7O2. The average Bonchev–Trinajstić information content (AvgIpc) is 3.36. The maximum Gasteiger partial charge on any atom is 0.269 e. The molecule has 42 heavy (non-hydrogen) atoms. The molecule has 0 radical (unpaired) electrons. The fourth-order valence-electron chi connectivity index (χ4n) is 5.63. The van der Waals surface area contributed by atoms with Crippen LogP contribution in [0.3, 0.4) is 0 Å². The lowest BCUT2D eigenvalue weighted by molar-refractivity contribution is -0.384. The van der Waals surface area contributed by atoms with Crippen LogP contribution in [0.2, 0.25) is 0 Å². The van der Waals surface area contributed by atoms with E-state index in [4.69, 9.17) is 15.1 Å². The number of nitrogens with one attached hydrogen (secondary N) is 1. The lowest BCUT2D eigenvalue weighted by Gasteiger charge is -2.40. The van der Waals surface area contributed by atoms with Gasteiger partial charge in [0.15, 0.2) is 17.5 Å². The van der Waals surface area contributed by atoms with Crippen LogP contribution < -0.4 is 10.2 Å². The molecule has 2 aliphatic heterocycles.